The van der Waals surface area contributed by atoms with E-state index in [0.29, 0.717) is 15.8 Å². The second kappa shape index (κ2) is 5.12. The molecule has 1 aromatic carbocycles. The number of rotatable bonds is 5. The van der Waals surface area contributed by atoms with Crippen molar-refractivity contribution in [3.05, 3.63) is 28.0 Å². The van der Waals surface area contributed by atoms with Gasteiger partial charge in [0.1, 0.15) is 11.6 Å². The number of benzene rings is 1. The van der Waals surface area contributed by atoms with Crippen LogP contribution in [0, 0.1) is 11.2 Å². The predicted octanol–water partition coefficient (Wildman–Crippen LogP) is 3.78. The van der Waals surface area contributed by atoms with Crippen LogP contribution in [0.25, 0.3) is 0 Å². The molecule has 0 amide bonds. The van der Waals surface area contributed by atoms with E-state index in [1.807, 2.05) is 0 Å². The van der Waals surface area contributed by atoms with E-state index in [-0.39, 0.29) is 12.5 Å². The van der Waals surface area contributed by atoms with E-state index in [1.165, 1.54) is 12.1 Å². The summed E-state index contributed by atoms with van der Waals surface area (Å²) in [6.07, 6.45) is 2.38. The molecule has 1 fully saturated rings. The van der Waals surface area contributed by atoms with Gasteiger partial charge in [0, 0.05) is 0 Å². The molecule has 1 aromatic rings. The average molecular weight is 331 g/mol. The number of carbonyl (C=O) groups is 1. The minimum absolute atomic E-state index is 0.174. The summed E-state index contributed by atoms with van der Waals surface area (Å²) < 4.78 is 19.8. The Morgan fingerprint density at radius 2 is 2.16 bits per heavy atom. The van der Waals surface area contributed by atoms with Gasteiger partial charge in [-0.3, -0.25) is 4.79 Å². The second-order valence-electron chi connectivity index (χ2n) is 5.56. The van der Waals surface area contributed by atoms with Gasteiger partial charge in [-0.1, -0.05) is 0 Å². The van der Waals surface area contributed by atoms with Gasteiger partial charge in [0.05, 0.1) is 16.0 Å². The zero-order valence-electron chi connectivity index (χ0n) is 10.9. The third-order valence-corrected chi connectivity index (χ3v) is 3.69. The molecule has 2 rings (SSSR count). The van der Waals surface area contributed by atoms with Crippen molar-refractivity contribution in [3.63, 3.8) is 0 Å². The maximum absolute atomic E-state index is 13.5. The summed E-state index contributed by atoms with van der Waals surface area (Å²) in [4.78, 5) is 11.2. The quantitative estimate of drug-likeness (QED) is 0.893. The summed E-state index contributed by atoms with van der Waals surface area (Å²) in [5, 5.41) is 9.18. The second-order valence-corrected chi connectivity index (χ2v) is 6.41. The van der Waals surface area contributed by atoms with Gasteiger partial charge in [-0.2, -0.15) is 0 Å². The van der Waals surface area contributed by atoms with Crippen LogP contribution < -0.4 is 4.74 Å². The standard InChI is InChI=1S/C14H16BrFO3/c1-14(2,13(17)18)7-8-5-9(16)6-11(15)12(8)19-10-3-4-10/h5-6,10H,3-4,7H2,1-2H3,(H,17,18). The molecule has 0 bridgehead atoms. The molecule has 1 saturated carbocycles. The molecular formula is C14H16BrFO3. The molecule has 0 spiro atoms. The number of hydrogen-bond donors (Lipinski definition) is 1. The van der Waals surface area contributed by atoms with Crippen molar-refractivity contribution in [2.24, 2.45) is 5.41 Å². The summed E-state index contributed by atoms with van der Waals surface area (Å²) in [7, 11) is 0. The molecule has 3 nitrogen and oxygen atoms in total. The zero-order valence-corrected chi connectivity index (χ0v) is 12.5. The van der Waals surface area contributed by atoms with Gasteiger partial charge in [0.15, 0.2) is 0 Å². The Morgan fingerprint density at radius 3 is 2.68 bits per heavy atom. The van der Waals surface area contributed by atoms with Crippen molar-refractivity contribution in [1.82, 2.24) is 0 Å². The van der Waals surface area contributed by atoms with Crippen LogP contribution in [0.2, 0.25) is 0 Å². The van der Waals surface area contributed by atoms with Gasteiger partial charge in [-0.05, 0) is 66.7 Å². The number of ether oxygens (including phenoxy) is 1. The van der Waals surface area contributed by atoms with Gasteiger partial charge in [-0.25, -0.2) is 4.39 Å². The molecule has 0 aromatic heterocycles. The van der Waals surface area contributed by atoms with Gasteiger partial charge in [0.25, 0.3) is 0 Å². The van der Waals surface area contributed by atoms with Crippen molar-refractivity contribution < 1.29 is 19.0 Å². The number of hydrogen-bond acceptors (Lipinski definition) is 2. The normalized spacial score (nSPS) is 15.4. The summed E-state index contributed by atoms with van der Waals surface area (Å²) in [6, 6.07) is 2.70. The smallest absolute Gasteiger partial charge is 0.309 e. The zero-order chi connectivity index (χ0) is 14.2. The number of carboxylic acids is 1. The van der Waals surface area contributed by atoms with Crippen molar-refractivity contribution in [2.75, 3.05) is 0 Å². The van der Waals surface area contributed by atoms with Crippen LogP contribution in [0.4, 0.5) is 4.39 Å². The summed E-state index contributed by atoms with van der Waals surface area (Å²) in [6.45, 7) is 3.24. The topological polar surface area (TPSA) is 46.5 Å². The Morgan fingerprint density at radius 1 is 1.53 bits per heavy atom. The Labute approximate surface area is 119 Å². The van der Waals surface area contributed by atoms with E-state index >= 15 is 0 Å². The molecule has 1 aliphatic rings. The van der Waals surface area contributed by atoms with Crippen LogP contribution in [-0.2, 0) is 11.2 Å². The molecule has 1 N–H and O–H groups in total. The third kappa shape index (κ3) is 3.47. The molecule has 0 heterocycles. The van der Waals surface area contributed by atoms with Crippen molar-refractivity contribution in [1.29, 1.82) is 0 Å². The highest BCUT2D eigenvalue weighted by Gasteiger charge is 2.31. The molecule has 0 aliphatic heterocycles. The predicted molar refractivity (Wildman–Crippen MR) is 72.9 cm³/mol. The highest BCUT2D eigenvalue weighted by Crippen LogP contribution is 2.38. The SMILES string of the molecule is CC(C)(Cc1cc(F)cc(Br)c1OC1CC1)C(=O)O. The minimum atomic E-state index is -0.963. The van der Waals surface area contributed by atoms with Crippen LogP contribution in [0.5, 0.6) is 5.75 Å². The van der Waals surface area contributed by atoms with Gasteiger partial charge < -0.3 is 9.84 Å². The monoisotopic (exact) mass is 330 g/mol. The van der Waals surface area contributed by atoms with E-state index in [1.54, 1.807) is 13.8 Å². The molecule has 0 unspecified atom stereocenters. The Balaban J connectivity index is 2.33. The largest absolute Gasteiger partial charge is 0.489 e. The highest BCUT2D eigenvalue weighted by molar-refractivity contribution is 9.10. The first-order valence-electron chi connectivity index (χ1n) is 6.17. The van der Waals surface area contributed by atoms with E-state index in [4.69, 9.17) is 4.74 Å². The lowest BCUT2D eigenvalue weighted by Gasteiger charge is -2.21. The van der Waals surface area contributed by atoms with E-state index in [2.05, 4.69) is 15.9 Å². The fraction of sp³-hybridized carbons (Fsp3) is 0.500. The first-order valence-corrected chi connectivity index (χ1v) is 6.97. The third-order valence-electron chi connectivity index (χ3n) is 3.11. The lowest BCUT2D eigenvalue weighted by molar-refractivity contribution is -0.146. The molecule has 104 valence electrons. The van der Waals surface area contributed by atoms with Crippen LogP contribution in [0.1, 0.15) is 32.3 Å². The van der Waals surface area contributed by atoms with Gasteiger partial charge >= 0.3 is 5.97 Å². The van der Waals surface area contributed by atoms with E-state index in [0.717, 1.165) is 12.8 Å². The minimum Gasteiger partial charge on any atom is -0.489 e. The molecule has 5 heteroatoms. The maximum Gasteiger partial charge on any atom is 0.309 e. The maximum atomic E-state index is 13.5. The fourth-order valence-corrected chi connectivity index (χ4v) is 2.35. The van der Waals surface area contributed by atoms with Gasteiger partial charge in [0.2, 0.25) is 0 Å². The lowest BCUT2D eigenvalue weighted by atomic mass is 9.85. The van der Waals surface area contributed by atoms with E-state index in [9.17, 15) is 14.3 Å². The molecule has 0 saturated heterocycles. The van der Waals surface area contributed by atoms with Gasteiger partial charge in [-0.15, -0.1) is 0 Å². The fourth-order valence-electron chi connectivity index (χ4n) is 1.78. The Bertz CT molecular complexity index is 510. The summed E-state index contributed by atoms with van der Waals surface area (Å²) in [5.41, 5.74) is -0.374. The average Bonchev–Trinajstić information content (AvgIpc) is 3.06. The van der Waals surface area contributed by atoms with E-state index < -0.39 is 17.2 Å². The summed E-state index contributed by atoms with van der Waals surface area (Å²) >= 11 is 3.29. The first kappa shape index (κ1) is 14.3. The van der Waals surface area contributed by atoms with Crippen LogP contribution in [0.15, 0.2) is 16.6 Å². The lowest BCUT2D eigenvalue weighted by Crippen LogP contribution is -2.26. The Hall–Kier alpha value is -1.10. The van der Waals surface area contributed by atoms with Crippen molar-refractivity contribution in [2.45, 2.75) is 39.2 Å². The van der Waals surface area contributed by atoms with Crippen LogP contribution in [0.3, 0.4) is 0 Å². The first-order chi connectivity index (χ1) is 8.79. The highest BCUT2D eigenvalue weighted by atomic mass is 79.9. The molecule has 0 atom stereocenters. The Kier molecular flexibility index (Phi) is 3.85. The molecule has 0 radical (unpaired) electrons. The van der Waals surface area contributed by atoms with Crippen molar-refractivity contribution >= 4 is 21.9 Å². The number of aliphatic carboxylic acids is 1. The molecular weight excluding hydrogens is 315 g/mol. The molecule has 19 heavy (non-hydrogen) atoms. The molecule has 1 aliphatic carbocycles. The van der Waals surface area contributed by atoms with Crippen LogP contribution in [-0.4, -0.2) is 17.2 Å². The number of carboxylic acid groups (broad SMARTS) is 1. The summed E-state index contributed by atoms with van der Waals surface area (Å²) in [5.74, 6) is -0.741. The van der Waals surface area contributed by atoms with Crippen molar-refractivity contribution in [3.8, 4) is 5.75 Å². The van der Waals surface area contributed by atoms with Crippen LogP contribution >= 0.6 is 15.9 Å². The number of halogens is 2.